The number of nitrogens with one attached hydrogen (secondary N) is 2. The largest absolute Gasteiger partial charge is 0.378 e. The van der Waals surface area contributed by atoms with Gasteiger partial charge in [-0.15, -0.1) is 24.0 Å². The number of benzene rings is 1. The summed E-state index contributed by atoms with van der Waals surface area (Å²) in [4.78, 5) is 11.7. The second-order valence-electron chi connectivity index (χ2n) is 7.61. The molecule has 1 fully saturated rings. The fourth-order valence-corrected chi connectivity index (χ4v) is 3.75. The molecule has 2 N–H and O–H groups in total. The average Bonchev–Trinajstić information content (AvgIpc) is 3.36. The van der Waals surface area contributed by atoms with E-state index in [1.807, 2.05) is 29.2 Å². The highest BCUT2D eigenvalue weighted by Gasteiger charge is 2.15. The lowest BCUT2D eigenvalue weighted by Gasteiger charge is -2.29. The Balaban J connectivity index is 0.00000306. The Bertz CT molecular complexity index is 1000. The Labute approximate surface area is 212 Å². The average molecular weight is 561 g/mol. The minimum absolute atomic E-state index is 0. The number of morpholine rings is 1. The lowest BCUT2D eigenvalue weighted by Crippen LogP contribution is -2.38. The van der Waals surface area contributed by atoms with Gasteiger partial charge in [-0.25, -0.2) is 9.98 Å². The summed E-state index contributed by atoms with van der Waals surface area (Å²) in [5.41, 5.74) is 3.58. The molecule has 1 aliphatic heterocycles. The minimum atomic E-state index is 0. The Morgan fingerprint density at radius 1 is 1.00 bits per heavy atom. The molecule has 0 amide bonds. The van der Waals surface area contributed by atoms with E-state index < -0.39 is 0 Å². The summed E-state index contributed by atoms with van der Waals surface area (Å²) in [6.45, 7) is 8.06. The molecule has 0 saturated carbocycles. The fourth-order valence-electron chi connectivity index (χ4n) is 3.75. The first-order valence-electron chi connectivity index (χ1n) is 11.2. The van der Waals surface area contributed by atoms with Crippen molar-refractivity contribution < 1.29 is 4.74 Å². The van der Waals surface area contributed by atoms with Gasteiger partial charge in [-0.2, -0.15) is 5.10 Å². The van der Waals surface area contributed by atoms with Crippen molar-refractivity contribution in [3.63, 3.8) is 0 Å². The Hall–Kier alpha value is -2.66. The van der Waals surface area contributed by atoms with E-state index in [1.165, 1.54) is 11.1 Å². The summed E-state index contributed by atoms with van der Waals surface area (Å²) in [6.07, 6.45) is 5.63. The van der Waals surface area contributed by atoms with Gasteiger partial charge in [0.1, 0.15) is 5.82 Å². The first-order chi connectivity index (χ1) is 15.8. The Morgan fingerprint density at radius 2 is 1.79 bits per heavy atom. The SMILES string of the molecule is CCNC(=NCc1cccnc1N1CCOCC1)NCc1ccccc1Cn1cccn1.I. The molecular formula is C24H32IN7O. The number of guanidine groups is 1. The summed E-state index contributed by atoms with van der Waals surface area (Å²) in [7, 11) is 0. The van der Waals surface area contributed by atoms with Crippen molar-refractivity contribution in [2.45, 2.75) is 26.6 Å². The van der Waals surface area contributed by atoms with Gasteiger partial charge in [-0.1, -0.05) is 30.3 Å². The molecule has 0 unspecified atom stereocenters. The molecule has 0 atom stereocenters. The number of ether oxygens (including phenoxy) is 1. The second kappa shape index (κ2) is 13.1. The predicted molar refractivity (Wildman–Crippen MR) is 142 cm³/mol. The number of hydrogen-bond donors (Lipinski definition) is 2. The summed E-state index contributed by atoms with van der Waals surface area (Å²) >= 11 is 0. The highest BCUT2D eigenvalue weighted by molar-refractivity contribution is 14.0. The van der Waals surface area contributed by atoms with Crippen molar-refractivity contribution in [1.82, 2.24) is 25.4 Å². The number of hydrogen-bond acceptors (Lipinski definition) is 5. The van der Waals surface area contributed by atoms with Gasteiger partial charge >= 0.3 is 0 Å². The van der Waals surface area contributed by atoms with Crippen LogP contribution in [0.2, 0.25) is 0 Å². The number of nitrogens with zero attached hydrogens (tertiary/aromatic N) is 5. The number of anilines is 1. The van der Waals surface area contributed by atoms with E-state index in [2.05, 4.69) is 62.9 Å². The molecule has 8 nitrogen and oxygen atoms in total. The molecule has 4 rings (SSSR count). The van der Waals surface area contributed by atoms with Gasteiger partial charge in [0, 0.05) is 50.3 Å². The third-order valence-electron chi connectivity index (χ3n) is 5.39. The van der Waals surface area contributed by atoms with Gasteiger partial charge in [0.25, 0.3) is 0 Å². The normalized spacial score (nSPS) is 14.0. The minimum Gasteiger partial charge on any atom is -0.378 e. The highest BCUT2D eigenvalue weighted by atomic mass is 127. The van der Waals surface area contributed by atoms with E-state index in [9.17, 15) is 0 Å². The third kappa shape index (κ3) is 7.16. The molecule has 176 valence electrons. The summed E-state index contributed by atoms with van der Waals surface area (Å²) < 4.78 is 7.42. The summed E-state index contributed by atoms with van der Waals surface area (Å²) in [5.74, 6) is 1.79. The number of aromatic nitrogens is 3. The maximum Gasteiger partial charge on any atom is 0.191 e. The van der Waals surface area contributed by atoms with Crippen molar-refractivity contribution in [3.8, 4) is 0 Å². The fraction of sp³-hybridized carbons (Fsp3) is 0.375. The lowest BCUT2D eigenvalue weighted by atomic mass is 10.1. The van der Waals surface area contributed by atoms with Crippen molar-refractivity contribution >= 4 is 35.8 Å². The van der Waals surface area contributed by atoms with Crippen LogP contribution in [0.5, 0.6) is 0 Å². The first-order valence-corrected chi connectivity index (χ1v) is 11.2. The quantitative estimate of drug-likeness (QED) is 0.250. The first kappa shape index (κ1) is 25.0. The van der Waals surface area contributed by atoms with Gasteiger partial charge in [-0.3, -0.25) is 4.68 Å². The molecule has 9 heteroatoms. The maximum atomic E-state index is 5.49. The molecule has 0 bridgehead atoms. The van der Waals surface area contributed by atoms with Crippen molar-refractivity contribution in [1.29, 1.82) is 0 Å². The van der Waals surface area contributed by atoms with E-state index >= 15 is 0 Å². The van der Waals surface area contributed by atoms with Crippen LogP contribution >= 0.6 is 24.0 Å². The standard InChI is InChI=1S/C24H31N7O.HI/c1-2-25-24(27-17-20-7-3-4-8-22(20)19-31-12-6-11-29-31)28-18-21-9-5-10-26-23(21)30-13-15-32-16-14-30;/h3-12H,2,13-19H2,1H3,(H2,25,27,28);1H. The van der Waals surface area contributed by atoms with Crippen LogP contribution in [0.4, 0.5) is 5.82 Å². The molecule has 1 aliphatic rings. The molecule has 33 heavy (non-hydrogen) atoms. The topological polar surface area (TPSA) is 79.6 Å². The van der Waals surface area contributed by atoms with Crippen LogP contribution in [0, 0.1) is 0 Å². The zero-order valence-electron chi connectivity index (χ0n) is 19.0. The van der Waals surface area contributed by atoms with Gasteiger partial charge in [-0.05, 0) is 30.2 Å². The van der Waals surface area contributed by atoms with Crippen LogP contribution in [-0.4, -0.2) is 53.6 Å². The molecule has 3 heterocycles. The monoisotopic (exact) mass is 561 g/mol. The van der Waals surface area contributed by atoms with E-state index in [1.54, 1.807) is 6.20 Å². The lowest BCUT2D eigenvalue weighted by molar-refractivity contribution is 0.122. The molecular weight excluding hydrogens is 529 g/mol. The van der Waals surface area contributed by atoms with E-state index in [0.29, 0.717) is 13.1 Å². The van der Waals surface area contributed by atoms with Gasteiger partial charge in [0.05, 0.1) is 26.3 Å². The van der Waals surface area contributed by atoms with Crippen molar-refractivity contribution in [2.24, 2.45) is 4.99 Å². The van der Waals surface area contributed by atoms with Crippen LogP contribution in [0.3, 0.4) is 0 Å². The summed E-state index contributed by atoms with van der Waals surface area (Å²) in [5, 5.41) is 11.2. The van der Waals surface area contributed by atoms with E-state index in [4.69, 9.17) is 9.73 Å². The van der Waals surface area contributed by atoms with Crippen molar-refractivity contribution in [3.05, 3.63) is 77.7 Å². The molecule has 3 aromatic rings. The maximum absolute atomic E-state index is 5.49. The zero-order valence-corrected chi connectivity index (χ0v) is 21.3. The smallest absolute Gasteiger partial charge is 0.191 e. The van der Waals surface area contributed by atoms with Crippen LogP contribution in [0.1, 0.15) is 23.6 Å². The Morgan fingerprint density at radius 3 is 2.55 bits per heavy atom. The number of halogens is 1. The highest BCUT2D eigenvalue weighted by Crippen LogP contribution is 2.19. The summed E-state index contributed by atoms with van der Waals surface area (Å²) in [6, 6.07) is 14.4. The molecule has 1 aromatic carbocycles. The van der Waals surface area contributed by atoms with Crippen LogP contribution in [0.15, 0.2) is 66.0 Å². The second-order valence-corrected chi connectivity index (χ2v) is 7.61. The molecule has 1 saturated heterocycles. The van der Waals surface area contributed by atoms with Gasteiger partial charge in [0.15, 0.2) is 5.96 Å². The van der Waals surface area contributed by atoms with Gasteiger partial charge in [0.2, 0.25) is 0 Å². The predicted octanol–water partition coefficient (Wildman–Crippen LogP) is 3.04. The van der Waals surface area contributed by atoms with E-state index in [-0.39, 0.29) is 24.0 Å². The van der Waals surface area contributed by atoms with E-state index in [0.717, 1.165) is 56.7 Å². The number of rotatable bonds is 8. The number of pyridine rings is 1. The number of aliphatic imine (C=N–C) groups is 1. The molecule has 0 aliphatic carbocycles. The van der Waals surface area contributed by atoms with Crippen LogP contribution in [-0.2, 0) is 24.4 Å². The van der Waals surface area contributed by atoms with Crippen LogP contribution in [0.25, 0.3) is 0 Å². The molecule has 0 radical (unpaired) electrons. The van der Waals surface area contributed by atoms with Crippen molar-refractivity contribution in [2.75, 3.05) is 37.7 Å². The van der Waals surface area contributed by atoms with Gasteiger partial charge < -0.3 is 20.3 Å². The third-order valence-corrected chi connectivity index (χ3v) is 5.39. The molecule has 2 aromatic heterocycles. The van der Waals surface area contributed by atoms with Crippen LogP contribution < -0.4 is 15.5 Å². The zero-order chi connectivity index (χ0) is 22.0. The Kier molecular flexibility index (Phi) is 9.95. The molecule has 0 spiro atoms.